The molecule has 0 radical (unpaired) electrons. The summed E-state index contributed by atoms with van der Waals surface area (Å²) < 4.78 is 2.17. The Morgan fingerprint density at radius 2 is 1.70 bits per heavy atom. The molecule has 2 aromatic rings. The highest BCUT2D eigenvalue weighted by atomic mass is 15.0. The number of imidazole rings is 1. The minimum absolute atomic E-state index is 0.715. The van der Waals surface area contributed by atoms with E-state index in [9.17, 15) is 0 Å². The van der Waals surface area contributed by atoms with Gasteiger partial charge in [0.25, 0.3) is 0 Å². The molecule has 2 bridgehead atoms. The molecule has 23 heavy (non-hydrogen) atoms. The van der Waals surface area contributed by atoms with E-state index in [1.165, 1.54) is 49.8 Å². The summed E-state index contributed by atoms with van der Waals surface area (Å²) in [5, 5.41) is 9.05. The molecule has 2 fully saturated rings. The van der Waals surface area contributed by atoms with Gasteiger partial charge in [-0.15, -0.1) is 0 Å². The highest BCUT2D eigenvalue weighted by Crippen LogP contribution is 2.47. The molecule has 3 heteroatoms. The lowest BCUT2D eigenvalue weighted by Gasteiger charge is -2.39. The summed E-state index contributed by atoms with van der Waals surface area (Å²) in [5.74, 6) is 1.44. The van der Waals surface area contributed by atoms with Crippen LogP contribution in [-0.2, 0) is 0 Å². The molecule has 0 aliphatic heterocycles. The number of rotatable bonds is 2. The maximum atomic E-state index is 9.05. The minimum Gasteiger partial charge on any atom is -0.306 e. The van der Waals surface area contributed by atoms with Crippen LogP contribution < -0.4 is 0 Å². The van der Waals surface area contributed by atoms with Crippen molar-refractivity contribution in [1.29, 1.82) is 5.26 Å². The van der Waals surface area contributed by atoms with E-state index in [1.54, 1.807) is 5.57 Å². The molecule has 2 aliphatic rings. The van der Waals surface area contributed by atoms with Gasteiger partial charge in [0.1, 0.15) is 0 Å². The van der Waals surface area contributed by atoms with Crippen LogP contribution in [0.5, 0.6) is 0 Å². The first-order chi connectivity index (χ1) is 11.4. The lowest BCUT2D eigenvalue weighted by atomic mass is 9.67. The number of nitriles is 1. The quantitative estimate of drug-likeness (QED) is 0.812. The Hall–Kier alpha value is -2.34. The molecule has 0 spiro atoms. The average Bonchev–Trinajstić information content (AvgIpc) is 3.10. The summed E-state index contributed by atoms with van der Waals surface area (Å²) in [4.78, 5) is 4.27. The van der Waals surface area contributed by atoms with Crippen molar-refractivity contribution in [3.8, 4) is 6.07 Å². The zero-order valence-electron chi connectivity index (χ0n) is 13.3. The van der Waals surface area contributed by atoms with Gasteiger partial charge in [-0.1, -0.05) is 25.0 Å². The standard InChI is InChI=1S/C20H21N3/c21-13-15-7-9-18(10-8-15)20(23-12-11-22-14-23)19-16-3-1-4-17(19)6-2-5-16/h7-12,14,16-17H,1-6H2. The lowest BCUT2D eigenvalue weighted by Crippen LogP contribution is -2.26. The number of hydrogen-bond donors (Lipinski definition) is 0. The highest BCUT2D eigenvalue weighted by molar-refractivity contribution is 5.70. The molecule has 0 N–H and O–H groups in total. The Kier molecular flexibility index (Phi) is 3.75. The van der Waals surface area contributed by atoms with E-state index in [-0.39, 0.29) is 0 Å². The maximum Gasteiger partial charge on any atom is 0.0991 e. The van der Waals surface area contributed by atoms with E-state index in [0.717, 1.165) is 11.8 Å². The van der Waals surface area contributed by atoms with Crippen LogP contribution >= 0.6 is 0 Å². The van der Waals surface area contributed by atoms with E-state index < -0.39 is 0 Å². The summed E-state index contributed by atoms with van der Waals surface area (Å²) in [6, 6.07) is 10.2. The van der Waals surface area contributed by atoms with Crippen molar-refractivity contribution in [3.05, 3.63) is 59.7 Å². The molecule has 0 atom stereocenters. The fourth-order valence-corrected chi connectivity index (χ4v) is 4.41. The molecule has 0 unspecified atom stereocenters. The number of allylic oxidation sites excluding steroid dienone is 1. The molecule has 0 amide bonds. The van der Waals surface area contributed by atoms with E-state index >= 15 is 0 Å². The average molecular weight is 303 g/mol. The predicted molar refractivity (Wildman–Crippen MR) is 90.4 cm³/mol. The predicted octanol–water partition coefficient (Wildman–Crippen LogP) is 4.61. The fourth-order valence-electron chi connectivity index (χ4n) is 4.41. The van der Waals surface area contributed by atoms with Crippen LogP contribution in [0.1, 0.15) is 49.7 Å². The van der Waals surface area contributed by atoms with Gasteiger partial charge in [0, 0.05) is 12.4 Å². The van der Waals surface area contributed by atoms with Gasteiger partial charge in [-0.05, 0) is 60.8 Å². The first-order valence-electron chi connectivity index (χ1n) is 8.60. The summed E-state index contributed by atoms with van der Waals surface area (Å²) in [7, 11) is 0. The Labute approximate surface area is 137 Å². The molecule has 2 aliphatic carbocycles. The summed E-state index contributed by atoms with van der Waals surface area (Å²) in [5.41, 5.74) is 4.86. The normalized spacial score (nSPS) is 23.3. The van der Waals surface area contributed by atoms with E-state index in [1.807, 2.05) is 30.9 Å². The maximum absolute atomic E-state index is 9.05. The van der Waals surface area contributed by atoms with Crippen molar-refractivity contribution in [2.75, 3.05) is 0 Å². The third-order valence-electron chi connectivity index (χ3n) is 5.41. The van der Waals surface area contributed by atoms with Crippen molar-refractivity contribution in [2.24, 2.45) is 11.8 Å². The SMILES string of the molecule is N#Cc1ccc(C(=C2C3CCCC2CCC3)n2ccnc2)cc1. The van der Waals surface area contributed by atoms with Gasteiger partial charge in [-0.25, -0.2) is 4.98 Å². The first kappa shape index (κ1) is 14.3. The van der Waals surface area contributed by atoms with Crippen LogP contribution in [-0.4, -0.2) is 9.55 Å². The van der Waals surface area contributed by atoms with Crippen LogP contribution in [0.2, 0.25) is 0 Å². The van der Waals surface area contributed by atoms with Crippen molar-refractivity contribution in [2.45, 2.75) is 38.5 Å². The van der Waals surface area contributed by atoms with Crippen molar-refractivity contribution >= 4 is 5.70 Å². The van der Waals surface area contributed by atoms with Gasteiger partial charge >= 0.3 is 0 Å². The van der Waals surface area contributed by atoms with Crippen LogP contribution in [0.4, 0.5) is 0 Å². The molecule has 4 rings (SSSR count). The largest absolute Gasteiger partial charge is 0.306 e. The highest BCUT2D eigenvalue weighted by Gasteiger charge is 2.34. The zero-order chi connectivity index (χ0) is 15.6. The van der Waals surface area contributed by atoms with Crippen molar-refractivity contribution in [3.63, 3.8) is 0 Å². The molecule has 1 aromatic carbocycles. The summed E-state index contributed by atoms with van der Waals surface area (Å²) in [6.07, 6.45) is 13.8. The van der Waals surface area contributed by atoms with Crippen LogP contribution in [0.15, 0.2) is 48.6 Å². The fraction of sp³-hybridized carbons (Fsp3) is 0.400. The van der Waals surface area contributed by atoms with Gasteiger partial charge in [0.2, 0.25) is 0 Å². The van der Waals surface area contributed by atoms with Crippen LogP contribution in [0, 0.1) is 23.2 Å². The number of fused-ring (bicyclic) bond motifs is 2. The third kappa shape index (κ3) is 2.59. The van der Waals surface area contributed by atoms with Gasteiger partial charge in [-0.2, -0.15) is 5.26 Å². The molecule has 3 nitrogen and oxygen atoms in total. The van der Waals surface area contributed by atoms with E-state index in [0.29, 0.717) is 5.56 Å². The van der Waals surface area contributed by atoms with Crippen LogP contribution in [0.25, 0.3) is 5.70 Å². The molecule has 116 valence electrons. The Morgan fingerprint density at radius 3 is 2.22 bits per heavy atom. The molecule has 2 saturated carbocycles. The Balaban J connectivity index is 1.89. The lowest BCUT2D eigenvalue weighted by molar-refractivity contribution is 0.277. The summed E-state index contributed by atoms with van der Waals surface area (Å²) in [6.45, 7) is 0. The van der Waals surface area contributed by atoms with Crippen LogP contribution in [0.3, 0.4) is 0 Å². The van der Waals surface area contributed by atoms with Crippen molar-refractivity contribution < 1.29 is 0 Å². The number of benzene rings is 1. The second-order valence-corrected chi connectivity index (χ2v) is 6.72. The van der Waals surface area contributed by atoms with Gasteiger partial charge in [-0.3, -0.25) is 0 Å². The van der Waals surface area contributed by atoms with Gasteiger partial charge in [0.05, 0.1) is 23.7 Å². The molecular formula is C20H21N3. The second-order valence-electron chi connectivity index (χ2n) is 6.72. The number of aromatic nitrogens is 2. The molecular weight excluding hydrogens is 282 g/mol. The third-order valence-corrected chi connectivity index (χ3v) is 5.41. The number of nitrogens with zero attached hydrogens (tertiary/aromatic N) is 3. The first-order valence-corrected chi connectivity index (χ1v) is 8.60. The topological polar surface area (TPSA) is 41.6 Å². The summed E-state index contributed by atoms with van der Waals surface area (Å²) >= 11 is 0. The Bertz CT molecular complexity index is 723. The number of hydrogen-bond acceptors (Lipinski definition) is 2. The van der Waals surface area contributed by atoms with E-state index in [2.05, 4.69) is 27.8 Å². The molecule has 1 aromatic heterocycles. The van der Waals surface area contributed by atoms with Gasteiger partial charge < -0.3 is 4.57 Å². The minimum atomic E-state index is 0.715. The smallest absolute Gasteiger partial charge is 0.0991 e. The Morgan fingerprint density at radius 1 is 1.04 bits per heavy atom. The van der Waals surface area contributed by atoms with E-state index in [4.69, 9.17) is 5.26 Å². The second kappa shape index (κ2) is 6.04. The molecule has 0 saturated heterocycles. The van der Waals surface area contributed by atoms with Gasteiger partial charge in [0.15, 0.2) is 0 Å². The molecule has 1 heterocycles. The zero-order valence-corrected chi connectivity index (χ0v) is 13.3. The monoisotopic (exact) mass is 303 g/mol. The van der Waals surface area contributed by atoms with Crippen molar-refractivity contribution in [1.82, 2.24) is 9.55 Å².